The van der Waals surface area contributed by atoms with Crippen LogP contribution in [0.25, 0.3) is 28.3 Å². The number of hydrogen-bond acceptors (Lipinski definition) is 5. The van der Waals surface area contributed by atoms with Crippen LogP contribution in [0.15, 0.2) is 78.9 Å². The number of aromatic nitrogens is 4. The van der Waals surface area contributed by atoms with Gasteiger partial charge in [0.1, 0.15) is 0 Å². The molecule has 2 aliphatic rings. The zero-order valence-electron chi connectivity index (χ0n) is 17.1. The van der Waals surface area contributed by atoms with Crippen molar-refractivity contribution in [3.8, 4) is 22.5 Å². The van der Waals surface area contributed by atoms with Gasteiger partial charge in [0.25, 0.3) is 11.7 Å². The maximum atomic E-state index is 13.0. The van der Waals surface area contributed by atoms with Crippen molar-refractivity contribution in [2.75, 3.05) is 4.90 Å². The zero-order chi connectivity index (χ0) is 21.7. The lowest BCUT2D eigenvalue weighted by Crippen LogP contribution is -2.32. The number of carbonyl (C=O) groups is 2. The molecule has 2 amide bonds. The first-order chi connectivity index (χ1) is 15.7. The molecule has 1 aliphatic heterocycles. The lowest BCUT2D eigenvalue weighted by atomic mass is 9.85. The van der Waals surface area contributed by atoms with Crippen LogP contribution >= 0.6 is 0 Å². The minimum absolute atomic E-state index is 0.0873. The average molecular weight is 421 g/mol. The van der Waals surface area contributed by atoms with E-state index in [1.54, 1.807) is 4.52 Å². The molecule has 1 fully saturated rings. The molecule has 156 valence electrons. The standard InChI is InChI=1S/C25H19N5O2/c31-22-18-13-7-8-14-19(18)23(32)29(22)25-27-24-26-20(16-9-3-1-4-10-16)15-21(30(24)28-25)17-11-5-2-6-12-17/h1-12,15,18-19H,13-14H2. The molecule has 2 unspecified atom stereocenters. The molecule has 2 aromatic heterocycles. The monoisotopic (exact) mass is 421 g/mol. The minimum atomic E-state index is -0.333. The van der Waals surface area contributed by atoms with Gasteiger partial charge in [-0.2, -0.15) is 9.50 Å². The van der Waals surface area contributed by atoms with Crippen LogP contribution in [0, 0.1) is 11.8 Å². The summed E-state index contributed by atoms with van der Waals surface area (Å²) in [6.07, 6.45) is 5.08. The highest BCUT2D eigenvalue weighted by atomic mass is 16.2. The smallest absolute Gasteiger partial charge is 0.260 e. The van der Waals surface area contributed by atoms with Crippen LogP contribution in [0.2, 0.25) is 0 Å². The Morgan fingerprint density at radius 3 is 1.97 bits per heavy atom. The molecular weight excluding hydrogens is 402 g/mol. The van der Waals surface area contributed by atoms with Crippen LogP contribution in [0.4, 0.5) is 5.95 Å². The molecular formula is C25H19N5O2. The summed E-state index contributed by atoms with van der Waals surface area (Å²) < 4.78 is 1.61. The van der Waals surface area contributed by atoms with E-state index < -0.39 is 0 Å². The molecule has 1 saturated heterocycles. The molecule has 0 spiro atoms. The van der Waals surface area contributed by atoms with Gasteiger partial charge in [-0.3, -0.25) is 9.59 Å². The number of nitrogens with zero attached hydrogens (tertiary/aromatic N) is 5. The number of anilines is 1. The van der Waals surface area contributed by atoms with Crippen LogP contribution in [-0.2, 0) is 9.59 Å². The quantitative estimate of drug-likeness (QED) is 0.370. The van der Waals surface area contributed by atoms with Crippen molar-refractivity contribution in [2.45, 2.75) is 12.8 Å². The maximum absolute atomic E-state index is 13.0. The Kier molecular flexibility index (Phi) is 4.21. The van der Waals surface area contributed by atoms with Crippen LogP contribution < -0.4 is 4.90 Å². The predicted octanol–water partition coefficient (Wildman–Crippen LogP) is 3.91. The van der Waals surface area contributed by atoms with Gasteiger partial charge in [0.15, 0.2) is 0 Å². The molecule has 4 aromatic rings. The Bertz CT molecular complexity index is 1350. The summed E-state index contributed by atoms with van der Waals surface area (Å²) >= 11 is 0. The van der Waals surface area contributed by atoms with Crippen molar-refractivity contribution in [2.24, 2.45) is 11.8 Å². The number of carbonyl (C=O) groups excluding carboxylic acids is 2. The van der Waals surface area contributed by atoms with Gasteiger partial charge >= 0.3 is 0 Å². The molecule has 3 heterocycles. The highest BCUT2D eigenvalue weighted by Crippen LogP contribution is 2.37. The van der Waals surface area contributed by atoms with Gasteiger partial charge in [-0.05, 0) is 18.9 Å². The van der Waals surface area contributed by atoms with Gasteiger partial charge in [0.2, 0.25) is 11.8 Å². The van der Waals surface area contributed by atoms with E-state index in [1.807, 2.05) is 78.9 Å². The number of allylic oxidation sites excluding steroid dienone is 2. The summed E-state index contributed by atoms with van der Waals surface area (Å²) in [5.74, 6) is -0.700. The van der Waals surface area contributed by atoms with E-state index in [4.69, 9.17) is 4.98 Å². The third kappa shape index (κ3) is 2.85. The van der Waals surface area contributed by atoms with Gasteiger partial charge in [0.05, 0.1) is 23.2 Å². The highest BCUT2D eigenvalue weighted by molar-refractivity contribution is 6.21. The minimum Gasteiger partial charge on any atom is -0.274 e. The normalized spacial score (nSPS) is 20.2. The molecule has 2 atom stereocenters. The molecule has 0 radical (unpaired) electrons. The first kappa shape index (κ1) is 18.6. The van der Waals surface area contributed by atoms with Gasteiger partial charge < -0.3 is 0 Å². The summed E-state index contributed by atoms with van der Waals surface area (Å²) in [6.45, 7) is 0. The Balaban J connectivity index is 1.52. The van der Waals surface area contributed by atoms with Gasteiger partial charge in [-0.1, -0.05) is 72.8 Å². The van der Waals surface area contributed by atoms with Gasteiger partial charge in [0, 0.05) is 11.1 Å². The fraction of sp³-hybridized carbons (Fsp3) is 0.160. The fourth-order valence-electron chi connectivity index (χ4n) is 4.52. The van der Waals surface area contributed by atoms with Gasteiger partial charge in [-0.15, -0.1) is 5.10 Å². The first-order valence-electron chi connectivity index (χ1n) is 10.6. The van der Waals surface area contributed by atoms with E-state index >= 15 is 0 Å². The van der Waals surface area contributed by atoms with Gasteiger partial charge in [-0.25, -0.2) is 9.88 Å². The van der Waals surface area contributed by atoms with Crippen LogP contribution in [0.1, 0.15) is 12.8 Å². The van der Waals surface area contributed by atoms with Crippen molar-refractivity contribution in [1.29, 1.82) is 0 Å². The third-order valence-electron chi connectivity index (χ3n) is 6.15. The number of amides is 2. The van der Waals surface area contributed by atoms with Crippen molar-refractivity contribution < 1.29 is 9.59 Å². The number of benzene rings is 2. The summed E-state index contributed by atoms with van der Waals surface area (Å²) in [5.41, 5.74) is 3.41. The van der Waals surface area contributed by atoms with Crippen molar-refractivity contribution >= 4 is 23.5 Å². The summed E-state index contributed by atoms with van der Waals surface area (Å²) in [5, 5.41) is 4.57. The number of hydrogen-bond donors (Lipinski definition) is 0. The van der Waals surface area contributed by atoms with Crippen molar-refractivity contribution in [1.82, 2.24) is 19.6 Å². The summed E-state index contributed by atoms with van der Waals surface area (Å²) in [4.78, 5) is 36.4. The van der Waals surface area contributed by atoms with Crippen molar-refractivity contribution in [3.63, 3.8) is 0 Å². The SMILES string of the molecule is O=C1C2CC=CCC2C(=O)N1c1nc2nc(-c3ccccc3)cc(-c3ccccc3)n2n1. The Morgan fingerprint density at radius 1 is 0.750 bits per heavy atom. The van der Waals surface area contributed by atoms with Crippen LogP contribution in [-0.4, -0.2) is 31.4 Å². The summed E-state index contributed by atoms with van der Waals surface area (Å²) in [6, 6.07) is 21.6. The van der Waals surface area contributed by atoms with E-state index in [-0.39, 0.29) is 29.6 Å². The van der Waals surface area contributed by atoms with Crippen LogP contribution in [0.5, 0.6) is 0 Å². The molecule has 7 nitrogen and oxygen atoms in total. The van der Waals surface area contributed by atoms with E-state index in [2.05, 4.69) is 10.1 Å². The number of imide groups is 1. The maximum Gasteiger partial charge on any atom is 0.260 e. The predicted molar refractivity (Wildman–Crippen MR) is 120 cm³/mol. The molecule has 2 aromatic carbocycles. The fourth-order valence-corrected chi connectivity index (χ4v) is 4.52. The average Bonchev–Trinajstić information content (AvgIpc) is 3.38. The molecule has 7 heteroatoms. The molecule has 0 bridgehead atoms. The molecule has 32 heavy (non-hydrogen) atoms. The lowest BCUT2D eigenvalue weighted by molar-refractivity contribution is -0.122. The molecule has 0 N–H and O–H groups in total. The second-order valence-corrected chi connectivity index (χ2v) is 8.05. The van der Waals surface area contributed by atoms with E-state index in [1.165, 1.54) is 0 Å². The zero-order valence-corrected chi connectivity index (χ0v) is 17.1. The molecule has 1 aliphatic carbocycles. The number of rotatable bonds is 3. The third-order valence-corrected chi connectivity index (χ3v) is 6.15. The molecule has 0 saturated carbocycles. The molecule has 6 rings (SSSR count). The Morgan fingerprint density at radius 2 is 1.34 bits per heavy atom. The first-order valence-corrected chi connectivity index (χ1v) is 10.6. The second-order valence-electron chi connectivity index (χ2n) is 8.05. The Hall–Kier alpha value is -4.13. The van der Waals surface area contributed by atoms with E-state index in [0.29, 0.717) is 18.6 Å². The van der Waals surface area contributed by atoms with Crippen molar-refractivity contribution in [3.05, 3.63) is 78.9 Å². The Labute approximate surface area is 184 Å². The summed E-state index contributed by atoms with van der Waals surface area (Å²) in [7, 11) is 0. The van der Waals surface area contributed by atoms with E-state index in [0.717, 1.165) is 27.4 Å². The van der Waals surface area contributed by atoms with E-state index in [9.17, 15) is 9.59 Å². The number of fused-ring (bicyclic) bond motifs is 2. The largest absolute Gasteiger partial charge is 0.274 e. The van der Waals surface area contributed by atoms with Crippen LogP contribution in [0.3, 0.4) is 0 Å². The highest BCUT2D eigenvalue weighted by Gasteiger charge is 2.49. The second kappa shape index (κ2) is 7.23. The topological polar surface area (TPSA) is 80.5 Å². The lowest BCUT2D eigenvalue weighted by Gasteiger charge is -2.14.